The summed E-state index contributed by atoms with van der Waals surface area (Å²) in [6, 6.07) is 8.09. The van der Waals surface area contributed by atoms with Gasteiger partial charge in [0.1, 0.15) is 0 Å². The Hall–Kier alpha value is -1.81. The van der Waals surface area contributed by atoms with Crippen LogP contribution in [0.25, 0.3) is 5.69 Å². The lowest BCUT2D eigenvalue weighted by atomic mass is 10.1. The van der Waals surface area contributed by atoms with Crippen LogP contribution in [0.3, 0.4) is 0 Å². The van der Waals surface area contributed by atoms with Gasteiger partial charge in [0.25, 0.3) is 0 Å². The molecule has 1 aromatic heterocycles. The quantitative estimate of drug-likeness (QED) is 0.884. The van der Waals surface area contributed by atoms with Gasteiger partial charge in [-0.15, -0.1) is 0 Å². The van der Waals surface area contributed by atoms with Crippen molar-refractivity contribution in [2.45, 2.75) is 19.8 Å². The van der Waals surface area contributed by atoms with Gasteiger partial charge in [-0.3, -0.25) is 4.57 Å². The number of hydrogen-bond acceptors (Lipinski definition) is 2. The predicted octanol–water partition coefficient (Wildman–Crippen LogP) is 1.38. The molecule has 0 aliphatic heterocycles. The molecule has 0 aliphatic rings. The van der Waals surface area contributed by atoms with Crippen LogP contribution in [0.15, 0.2) is 35.3 Å². The molecule has 0 fully saturated rings. The van der Waals surface area contributed by atoms with Crippen molar-refractivity contribution in [3.05, 3.63) is 52.2 Å². The number of hydrogen-bond donors (Lipinski definition) is 1. The van der Waals surface area contributed by atoms with Gasteiger partial charge in [-0.1, -0.05) is 12.1 Å². The largest absolute Gasteiger partial charge is 0.332 e. The number of rotatable bonds is 4. The lowest BCUT2D eigenvalue weighted by molar-refractivity contribution is 0.817. The van der Waals surface area contributed by atoms with Crippen LogP contribution in [-0.4, -0.2) is 15.7 Å². The molecule has 4 nitrogen and oxygen atoms in total. The van der Waals surface area contributed by atoms with Gasteiger partial charge in [-0.05, 0) is 44.0 Å². The molecule has 0 bridgehead atoms. The first-order valence-electron chi connectivity index (χ1n) is 6.18. The highest BCUT2D eigenvalue weighted by Crippen LogP contribution is 2.11. The second-order valence-corrected chi connectivity index (χ2v) is 4.56. The Labute approximate surface area is 107 Å². The van der Waals surface area contributed by atoms with Gasteiger partial charge in [-0.25, -0.2) is 4.79 Å². The van der Waals surface area contributed by atoms with E-state index in [-0.39, 0.29) is 5.69 Å². The van der Waals surface area contributed by atoms with Gasteiger partial charge in [0, 0.05) is 18.9 Å². The zero-order chi connectivity index (χ0) is 13.1. The Morgan fingerprint density at radius 3 is 2.39 bits per heavy atom. The molecule has 0 atom stereocenters. The first-order chi connectivity index (χ1) is 8.63. The molecule has 0 spiro atoms. The Kier molecular flexibility index (Phi) is 3.67. The molecular weight excluding hydrogens is 226 g/mol. The van der Waals surface area contributed by atoms with Crippen molar-refractivity contribution >= 4 is 0 Å². The van der Waals surface area contributed by atoms with E-state index in [1.807, 2.05) is 25.3 Å². The summed E-state index contributed by atoms with van der Waals surface area (Å²) in [5.74, 6) is 0. The van der Waals surface area contributed by atoms with E-state index in [0.29, 0.717) is 6.54 Å². The van der Waals surface area contributed by atoms with Crippen LogP contribution < -0.4 is 11.4 Å². The summed E-state index contributed by atoms with van der Waals surface area (Å²) in [6.45, 7) is 2.64. The van der Waals surface area contributed by atoms with E-state index in [2.05, 4.69) is 12.1 Å². The van der Waals surface area contributed by atoms with Crippen molar-refractivity contribution in [2.75, 3.05) is 6.54 Å². The van der Waals surface area contributed by atoms with Crippen molar-refractivity contribution in [3.8, 4) is 5.69 Å². The molecular formula is C14H19N3O. The van der Waals surface area contributed by atoms with Gasteiger partial charge >= 0.3 is 5.69 Å². The molecule has 0 amide bonds. The third-order valence-electron chi connectivity index (χ3n) is 3.09. The zero-order valence-electron chi connectivity index (χ0n) is 10.9. The van der Waals surface area contributed by atoms with Crippen LogP contribution in [-0.2, 0) is 13.5 Å². The van der Waals surface area contributed by atoms with E-state index in [4.69, 9.17) is 5.73 Å². The first kappa shape index (κ1) is 12.6. The lowest BCUT2D eigenvalue weighted by Gasteiger charge is -2.05. The molecule has 0 aliphatic carbocycles. The Morgan fingerprint density at radius 2 is 1.89 bits per heavy atom. The number of aryl methyl sites for hydroxylation is 3. The van der Waals surface area contributed by atoms with Gasteiger partial charge in [0.05, 0.1) is 5.69 Å². The normalized spacial score (nSPS) is 10.8. The summed E-state index contributed by atoms with van der Waals surface area (Å²) >= 11 is 0. The van der Waals surface area contributed by atoms with Gasteiger partial charge in [-0.2, -0.15) is 0 Å². The minimum absolute atomic E-state index is 0.0118. The van der Waals surface area contributed by atoms with Crippen molar-refractivity contribution in [3.63, 3.8) is 0 Å². The first-order valence-corrected chi connectivity index (χ1v) is 6.18. The molecule has 2 N–H and O–H groups in total. The topological polar surface area (TPSA) is 53.0 Å². The van der Waals surface area contributed by atoms with Crippen LogP contribution in [0.1, 0.15) is 17.7 Å². The third kappa shape index (κ3) is 2.38. The van der Waals surface area contributed by atoms with Crippen LogP contribution in [0.2, 0.25) is 0 Å². The number of benzene rings is 1. The number of imidazole rings is 1. The zero-order valence-corrected chi connectivity index (χ0v) is 10.9. The molecule has 0 saturated carbocycles. The predicted molar refractivity (Wildman–Crippen MR) is 73.1 cm³/mol. The average Bonchev–Trinajstić information content (AvgIpc) is 2.62. The van der Waals surface area contributed by atoms with Crippen molar-refractivity contribution in [1.29, 1.82) is 0 Å². The molecule has 4 heteroatoms. The third-order valence-corrected chi connectivity index (χ3v) is 3.09. The Bertz CT molecular complexity index is 578. The highest BCUT2D eigenvalue weighted by atomic mass is 16.1. The van der Waals surface area contributed by atoms with Crippen LogP contribution >= 0.6 is 0 Å². The fraction of sp³-hybridized carbons (Fsp3) is 0.357. The molecule has 18 heavy (non-hydrogen) atoms. The van der Waals surface area contributed by atoms with E-state index in [1.165, 1.54) is 5.56 Å². The number of aromatic nitrogens is 2. The van der Waals surface area contributed by atoms with Crippen LogP contribution in [0.4, 0.5) is 0 Å². The molecule has 1 heterocycles. The summed E-state index contributed by atoms with van der Waals surface area (Å²) in [5, 5.41) is 0. The SMILES string of the molecule is Cc1cn(C)c(=O)n1-c1ccc(CCCN)cc1. The second kappa shape index (κ2) is 5.23. The highest BCUT2D eigenvalue weighted by molar-refractivity contribution is 5.36. The monoisotopic (exact) mass is 245 g/mol. The summed E-state index contributed by atoms with van der Waals surface area (Å²) < 4.78 is 3.31. The highest BCUT2D eigenvalue weighted by Gasteiger charge is 2.07. The number of nitrogens with two attached hydrogens (primary N) is 1. The smallest absolute Gasteiger partial charge is 0.330 e. The van der Waals surface area contributed by atoms with Crippen LogP contribution in [0.5, 0.6) is 0 Å². The van der Waals surface area contributed by atoms with Crippen molar-refractivity contribution in [2.24, 2.45) is 12.8 Å². The minimum atomic E-state index is -0.0118. The van der Waals surface area contributed by atoms with Crippen molar-refractivity contribution < 1.29 is 0 Å². The maximum absolute atomic E-state index is 12.0. The Morgan fingerprint density at radius 1 is 1.22 bits per heavy atom. The van der Waals surface area contributed by atoms with E-state index in [9.17, 15) is 4.79 Å². The molecule has 2 aromatic rings. The van der Waals surface area contributed by atoms with E-state index < -0.39 is 0 Å². The summed E-state index contributed by atoms with van der Waals surface area (Å²) in [5.41, 5.74) is 8.59. The molecule has 0 radical (unpaired) electrons. The number of nitrogens with zero attached hydrogens (tertiary/aromatic N) is 2. The molecule has 2 rings (SSSR count). The molecule has 96 valence electrons. The summed E-state index contributed by atoms with van der Waals surface area (Å²) in [7, 11) is 1.77. The summed E-state index contributed by atoms with van der Waals surface area (Å²) in [4.78, 5) is 12.0. The van der Waals surface area contributed by atoms with Crippen LogP contribution in [0, 0.1) is 6.92 Å². The standard InChI is InChI=1S/C14H19N3O/c1-11-10-16(2)14(18)17(11)13-7-5-12(6-8-13)4-3-9-15/h5-8,10H,3-4,9,15H2,1-2H3. The van der Waals surface area contributed by atoms with Crippen molar-refractivity contribution in [1.82, 2.24) is 9.13 Å². The summed E-state index contributed by atoms with van der Waals surface area (Å²) in [6.07, 6.45) is 3.81. The maximum atomic E-state index is 12.0. The molecule has 0 saturated heterocycles. The minimum Gasteiger partial charge on any atom is -0.330 e. The fourth-order valence-electron chi connectivity index (χ4n) is 2.13. The van der Waals surface area contributed by atoms with E-state index in [1.54, 1.807) is 16.2 Å². The fourth-order valence-corrected chi connectivity index (χ4v) is 2.13. The average molecular weight is 245 g/mol. The van der Waals surface area contributed by atoms with E-state index in [0.717, 1.165) is 24.2 Å². The Balaban J connectivity index is 2.32. The maximum Gasteiger partial charge on any atom is 0.332 e. The van der Waals surface area contributed by atoms with Gasteiger partial charge in [0.15, 0.2) is 0 Å². The van der Waals surface area contributed by atoms with Gasteiger partial charge < -0.3 is 10.3 Å². The molecule has 1 aromatic carbocycles. The van der Waals surface area contributed by atoms with Gasteiger partial charge in [0.2, 0.25) is 0 Å². The van der Waals surface area contributed by atoms with E-state index >= 15 is 0 Å². The lowest BCUT2D eigenvalue weighted by Crippen LogP contribution is -2.21. The second-order valence-electron chi connectivity index (χ2n) is 4.56. The molecule has 0 unspecified atom stereocenters.